The molecule has 106 valence electrons. The molecule has 0 saturated heterocycles. The molecular weight excluding hydrogens is 259 g/mol. The van der Waals surface area contributed by atoms with Crippen LogP contribution in [0.5, 0.6) is 11.5 Å². The summed E-state index contributed by atoms with van der Waals surface area (Å²) in [5.41, 5.74) is -1.51. The Morgan fingerprint density at radius 1 is 1.16 bits per heavy atom. The number of ether oxygens (including phenoxy) is 2. The maximum absolute atomic E-state index is 13.0. The molecule has 0 unspecified atom stereocenters. The van der Waals surface area contributed by atoms with Gasteiger partial charge in [-0.3, -0.25) is 4.98 Å². The maximum Gasteiger partial charge on any atom is 0.421 e. The Morgan fingerprint density at radius 3 is 2.26 bits per heavy atom. The zero-order chi connectivity index (χ0) is 14.3. The first-order chi connectivity index (χ1) is 8.67. The highest BCUT2D eigenvalue weighted by Crippen LogP contribution is 2.44. The highest BCUT2D eigenvalue weighted by Gasteiger charge is 2.39. The van der Waals surface area contributed by atoms with Gasteiger partial charge in [-0.05, 0) is 33.6 Å². The molecule has 1 fully saturated rings. The Kier molecular flexibility index (Phi) is 3.36. The maximum atomic E-state index is 13.0. The largest absolute Gasteiger partial charge is 0.486 e. The molecule has 1 aromatic rings. The molecule has 0 amide bonds. The second-order valence-electron chi connectivity index (χ2n) is 5.54. The number of hydrogen-bond acceptors (Lipinski definition) is 3. The van der Waals surface area contributed by atoms with Crippen LogP contribution in [0.2, 0.25) is 0 Å². The summed E-state index contributed by atoms with van der Waals surface area (Å²) < 4.78 is 49.8. The molecule has 0 bridgehead atoms. The minimum absolute atomic E-state index is 0.0363. The Bertz CT molecular complexity index is 462. The van der Waals surface area contributed by atoms with Crippen molar-refractivity contribution in [1.29, 1.82) is 0 Å². The molecule has 1 heterocycles. The van der Waals surface area contributed by atoms with Gasteiger partial charge in [-0.1, -0.05) is 0 Å². The zero-order valence-corrected chi connectivity index (χ0v) is 11.0. The first-order valence-corrected chi connectivity index (χ1v) is 6.08. The lowest BCUT2D eigenvalue weighted by Crippen LogP contribution is -2.24. The molecule has 2 rings (SSSR count). The summed E-state index contributed by atoms with van der Waals surface area (Å²) in [6.45, 7) is 5.27. The summed E-state index contributed by atoms with van der Waals surface area (Å²) >= 11 is 0. The Balaban J connectivity index is 2.40. The summed E-state index contributed by atoms with van der Waals surface area (Å²) in [6, 6.07) is 0. The highest BCUT2D eigenvalue weighted by atomic mass is 19.4. The van der Waals surface area contributed by atoms with Crippen molar-refractivity contribution in [2.24, 2.45) is 0 Å². The van der Waals surface area contributed by atoms with E-state index < -0.39 is 17.3 Å². The van der Waals surface area contributed by atoms with Gasteiger partial charge in [-0.2, -0.15) is 13.2 Å². The molecule has 3 nitrogen and oxygen atoms in total. The van der Waals surface area contributed by atoms with Crippen LogP contribution in [0.1, 0.15) is 39.2 Å². The van der Waals surface area contributed by atoms with E-state index in [1.807, 2.05) is 0 Å². The highest BCUT2D eigenvalue weighted by molar-refractivity contribution is 5.46. The third kappa shape index (κ3) is 3.75. The van der Waals surface area contributed by atoms with Gasteiger partial charge >= 0.3 is 6.18 Å². The fraction of sp³-hybridized carbons (Fsp3) is 0.615. The molecular formula is C13H16F3NO2. The predicted molar refractivity (Wildman–Crippen MR) is 63.3 cm³/mol. The van der Waals surface area contributed by atoms with Crippen LogP contribution < -0.4 is 9.47 Å². The van der Waals surface area contributed by atoms with Gasteiger partial charge in [0.25, 0.3) is 0 Å². The van der Waals surface area contributed by atoms with Crippen molar-refractivity contribution >= 4 is 0 Å². The van der Waals surface area contributed by atoms with Crippen molar-refractivity contribution in [2.45, 2.75) is 51.5 Å². The van der Waals surface area contributed by atoms with Crippen LogP contribution in [-0.2, 0) is 6.18 Å². The average Bonchev–Trinajstić information content (AvgIpc) is 3.00. The van der Waals surface area contributed by atoms with Crippen LogP contribution in [0, 0.1) is 0 Å². The number of alkyl halides is 3. The molecule has 1 aromatic heterocycles. The van der Waals surface area contributed by atoms with Crippen LogP contribution in [-0.4, -0.2) is 16.7 Å². The molecule has 0 N–H and O–H groups in total. The molecule has 0 aliphatic heterocycles. The van der Waals surface area contributed by atoms with Crippen molar-refractivity contribution in [1.82, 2.24) is 4.98 Å². The average molecular weight is 275 g/mol. The van der Waals surface area contributed by atoms with E-state index in [-0.39, 0.29) is 17.6 Å². The van der Waals surface area contributed by atoms with E-state index >= 15 is 0 Å². The molecule has 0 radical (unpaired) electrons. The Morgan fingerprint density at radius 2 is 1.79 bits per heavy atom. The van der Waals surface area contributed by atoms with Gasteiger partial charge in [-0.25, -0.2) is 0 Å². The third-order valence-electron chi connectivity index (χ3n) is 2.39. The van der Waals surface area contributed by atoms with Crippen LogP contribution in [0.25, 0.3) is 0 Å². The van der Waals surface area contributed by atoms with Gasteiger partial charge in [0.05, 0.1) is 12.3 Å². The number of nitrogens with zero attached hydrogens (tertiary/aromatic N) is 1. The molecule has 6 heteroatoms. The second-order valence-corrected chi connectivity index (χ2v) is 5.54. The van der Waals surface area contributed by atoms with Crippen molar-refractivity contribution in [3.63, 3.8) is 0 Å². The number of rotatable bonds is 3. The van der Waals surface area contributed by atoms with E-state index in [0.29, 0.717) is 0 Å². The smallest absolute Gasteiger partial charge is 0.421 e. The summed E-state index contributed by atoms with van der Waals surface area (Å²) in [7, 11) is 0. The van der Waals surface area contributed by atoms with E-state index in [0.717, 1.165) is 19.0 Å². The normalized spacial score (nSPS) is 16.3. The third-order valence-corrected chi connectivity index (χ3v) is 2.39. The van der Waals surface area contributed by atoms with Crippen LogP contribution in [0.15, 0.2) is 12.4 Å². The summed E-state index contributed by atoms with van der Waals surface area (Å²) in [4.78, 5) is 3.60. The lowest BCUT2D eigenvalue weighted by atomic mass is 10.2. The quantitative estimate of drug-likeness (QED) is 0.840. The van der Waals surface area contributed by atoms with Crippen LogP contribution >= 0.6 is 0 Å². The van der Waals surface area contributed by atoms with Gasteiger partial charge in [0, 0.05) is 6.20 Å². The molecule has 0 aromatic carbocycles. The molecule has 0 spiro atoms. The standard InChI is InChI=1S/C13H16F3NO2/c1-12(2,3)19-10-7-17-6-9(13(14,15)16)11(10)18-8-4-5-8/h6-8H,4-5H2,1-3H3. The fourth-order valence-electron chi connectivity index (χ4n) is 1.51. The first-order valence-electron chi connectivity index (χ1n) is 6.08. The van der Waals surface area contributed by atoms with Gasteiger partial charge < -0.3 is 9.47 Å². The molecule has 1 aliphatic carbocycles. The summed E-state index contributed by atoms with van der Waals surface area (Å²) in [5.74, 6) is -0.214. The second kappa shape index (κ2) is 4.58. The van der Waals surface area contributed by atoms with Crippen molar-refractivity contribution in [3.05, 3.63) is 18.0 Å². The van der Waals surface area contributed by atoms with Crippen molar-refractivity contribution in [3.8, 4) is 11.5 Å². The van der Waals surface area contributed by atoms with Gasteiger partial charge in [-0.15, -0.1) is 0 Å². The van der Waals surface area contributed by atoms with Crippen LogP contribution in [0.4, 0.5) is 13.2 Å². The molecule has 1 aliphatic rings. The lowest BCUT2D eigenvalue weighted by molar-refractivity contribution is -0.139. The van der Waals surface area contributed by atoms with E-state index in [9.17, 15) is 13.2 Å². The fourth-order valence-corrected chi connectivity index (χ4v) is 1.51. The number of halogens is 3. The Hall–Kier alpha value is -1.46. The van der Waals surface area contributed by atoms with E-state index in [1.165, 1.54) is 6.20 Å². The van der Waals surface area contributed by atoms with Crippen molar-refractivity contribution < 1.29 is 22.6 Å². The molecule has 0 atom stereocenters. The molecule has 1 saturated carbocycles. The van der Waals surface area contributed by atoms with Crippen molar-refractivity contribution in [2.75, 3.05) is 0 Å². The number of pyridine rings is 1. The van der Waals surface area contributed by atoms with E-state index in [1.54, 1.807) is 20.8 Å². The summed E-state index contributed by atoms with van der Waals surface area (Å²) in [6.07, 6.45) is -1.07. The Labute approximate surface area is 109 Å². The zero-order valence-electron chi connectivity index (χ0n) is 11.0. The number of hydrogen-bond donors (Lipinski definition) is 0. The van der Waals surface area contributed by atoms with Gasteiger partial charge in [0.15, 0.2) is 11.5 Å². The van der Waals surface area contributed by atoms with Crippen LogP contribution in [0.3, 0.4) is 0 Å². The monoisotopic (exact) mass is 275 g/mol. The van der Waals surface area contributed by atoms with Gasteiger partial charge in [0.2, 0.25) is 0 Å². The molecule has 19 heavy (non-hydrogen) atoms. The van der Waals surface area contributed by atoms with Gasteiger partial charge in [0.1, 0.15) is 11.2 Å². The van der Waals surface area contributed by atoms with E-state index in [4.69, 9.17) is 9.47 Å². The first kappa shape index (κ1) is 14.0. The predicted octanol–water partition coefficient (Wildman–Crippen LogP) is 3.82. The number of aromatic nitrogens is 1. The summed E-state index contributed by atoms with van der Waals surface area (Å²) in [5, 5.41) is 0. The minimum atomic E-state index is -4.51. The minimum Gasteiger partial charge on any atom is -0.486 e. The topological polar surface area (TPSA) is 31.4 Å². The van der Waals surface area contributed by atoms with E-state index in [2.05, 4.69) is 4.98 Å². The lowest BCUT2D eigenvalue weighted by Gasteiger charge is -2.24. The SMILES string of the molecule is CC(C)(C)Oc1cncc(C(F)(F)F)c1OC1CC1.